The molecule has 2 heterocycles. The number of fused-ring (bicyclic) bond motifs is 2. The van der Waals surface area contributed by atoms with Crippen LogP contribution < -0.4 is 21.3 Å². The number of nitrogens with one attached hydrogen (secondary N) is 5. The van der Waals surface area contributed by atoms with E-state index >= 15 is 0 Å². The minimum absolute atomic E-state index is 0.000567. The quantitative estimate of drug-likeness (QED) is 0.184. The molecule has 3 saturated carbocycles. The smallest absolute Gasteiger partial charge is 0.289 e. The first-order valence-corrected chi connectivity index (χ1v) is 20.1. The SMILES string of the molecule is CCC[C@H](NC(=O)[C@@H]1C[C@@H]2CCCC[C@@H]2N1C(=O)[C@@H](NC(=O)[C@@H](NC(=O)c1cc2cc(F)ccc2[nH]1)C1CCCCC1)C(C)(C)C)C(=O)C(=O)NC1CC1. The molecule has 5 amide bonds. The van der Waals surface area contributed by atoms with Crippen molar-refractivity contribution >= 4 is 46.2 Å². The van der Waals surface area contributed by atoms with E-state index in [1.165, 1.54) is 12.1 Å². The molecule has 13 heteroatoms. The summed E-state index contributed by atoms with van der Waals surface area (Å²) in [5.41, 5.74) is 0.0207. The zero-order chi connectivity index (χ0) is 38.7. The van der Waals surface area contributed by atoms with Crippen LogP contribution in [-0.4, -0.2) is 81.5 Å². The van der Waals surface area contributed by atoms with Crippen molar-refractivity contribution in [2.75, 3.05) is 0 Å². The van der Waals surface area contributed by atoms with Gasteiger partial charge in [-0.15, -0.1) is 0 Å². The van der Waals surface area contributed by atoms with Gasteiger partial charge in [0.05, 0.1) is 6.04 Å². The van der Waals surface area contributed by atoms with E-state index in [9.17, 15) is 33.2 Å². The maximum absolute atomic E-state index is 14.9. The molecule has 6 atom stereocenters. The van der Waals surface area contributed by atoms with Crippen molar-refractivity contribution in [3.63, 3.8) is 0 Å². The average Bonchev–Trinajstić information content (AvgIpc) is 3.71. The monoisotopic (exact) mass is 748 g/mol. The zero-order valence-electron chi connectivity index (χ0n) is 32.1. The van der Waals surface area contributed by atoms with Crippen LogP contribution in [-0.2, 0) is 24.0 Å². The second-order valence-corrected chi connectivity index (χ2v) is 17.1. The van der Waals surface area contributed by atoms with Crippen molar-refractivity contribution in [1.29, 1.82) is 0 Å². The van der Waals surface area contributed by atoms with Gasteiger partial charge in [0.2, 0.25) is 23.5 Å². The Kier molecular flexibility index (Phi) is 12.1. The number of amides is 5. The van der Waals surface area contributed by atoms with Crippen LogP contribution in [0.3, 0.4) is 0 Å². The van der Waals surface area contributed by atoms with E-state index in [1.54, 1.807) is 17.0 Å². The van der Waals surface area contributed by atoms with Gasteiger partial charge in [-0.1, -0.05) is 66.2 Å². The molecule has 1 aliphatic heterocycles. The van der Waals surface area contributed by atoms with Gasteiger partial charge in [0.25, 0.3) is 11.8 Å². The van der Waals surface area contributed by atoms with Crippen molar-refractivity contribution < 1.29 is 33.2 Å². The fraction of sp³-hybridized carbons (Fsp3) is 0.659. The maximum Gasteiger partial charge on any atom is 0.289 e. The molecule has 54 heavy (non-hydrogen) atoms. The Bertz CT molecular complexity index is 1740. The fourth-order valence-corrected chi connectivity index (χ4v) is 8.82. The Balaban J connectivity index is 1.23. The number of ketones is 1. The Morgan fingerprint density at radius 2 is 1.59 bits per heavy atom. The fourth-order valence-electron chi connectivity index (χ4n) is 8.82. The van der Waals surface area contributed by atoms with Crippen LogP contribution in [0.5, 0.6) is 0 Å². The lowest BCUT2D eigenvalue weighted by molar-refractivity contribution is -0.147. The van der Waals surface area contributed by atoms with Gasteiger partial charge in [-0.2, -0.15) is 0 Å². The van der Waals surface area contributed by atoms with Crippen LogP contribution in [0.1, 0.15) is 128 Å². The molecular formula is C41H57FN6O6. The van der Waals surface area contributed by atoms with Gasteiger partial charge >= 0.3 is 0 Å². The van der Waals surface area contributed by atoms with Crippen molar-refractivity contribution in [3.05, 3.63) is 35.8 Å². The van der Waals surface area contributed by atoms with Crippen molar-refractivity contribution in [2.45, 2.75) is 154 Å². The molecule has 6 rings (SSSR count). The molecule has 3 aliphatic carbocycles. The first-order chi connectivity index (χ1) is 25.7. The van der Waals surface area contributed by atoms with Crippen LogP contribution in [0.25, 0.3) is 10.9 Å². The number of rotatable bonds is 13. The van der Waals surface area contributed by atoms with E-state index in [0.29, 0.717) is 30.2 Å². The molecular weight excluding hydrogens is 691 g/mol. The average molecular weight is 749 g/mol. The summed E-state index contributed by atoms with van der Waals surface area (Å²) >= 11 is 0. The highest BCUT2D eigenvalue weighted by Gasteiger charge is 2.51. The second kappa shape index (κ2) is 16.6. The molecule has 4 fully saturated rings. The number of aromatic amines is 1. The van der Waals surface area contributed by atoms with Crippen LogP contribution in [0, 0.1) is 23.1 Å². The van der Waals surface area contributed by atoms with Crippen LogP contribution in [0.2, 0.25) is 0 Å². The highest BCUT2D eigenvalue weighted by Crippen LogP contribution is 2.41. The number of benzene rings is 1. The summed E-state index contributed by atoms with van der Waals surface area (Å²) in [5, 5.41) is 12.1. The van der Waals surface area contributed by atoms with Gasteiger partial charge in [0.15, 0.2) is 0 Å². The summed E-state index contributed by atoms with van der Waals surface area (Å²) in [6, 6.07) is 1.73. The number of hydrogen-bond acceptors (Lipinski definition) is 6. The predicted molar refractivity (Wildman–Crippen MR) is 201 cm³/mol. The van der Waals surface area contributed by atoms with Gasteiger partial charge < -0.3 is 31.2 Å². The molecule has 0 bridgehead atoms. The number of carbonyl (C=O) groups excluding carboxylic acids is 6. The van der Waals surface area contributed by atoms with Gasteiger partial charge in [-0.3, -0.25) is 28.8 Å². The number of H-pyrrole nitrogens is 1. The first kappa shape index (κ1) is 39.4. The number of hydrogen-bond donors (Lipinski definition) is 5. The Labute approximate surface area is 316 Å². The number of Topliss-reactive ketones (excluding diaryl/α,β-unsaturated/α-hetero) is 1. The topological polar surface area (TPSA) is 170 Å². The molecule has 0 unspecified atom stereocenters. The minimum Gasteiger partial charge on any atom is -0.351 e. The Morgan fingerprint density at radius 3 is 2.28 bits per heavy atom. The van der Waals surface area contributed by atoms with Crippen molar-refractivity contribution in [2.24, 2.45) is 17.3 Å². The van der Waals surface area contributed by atoms with E-state index < -0.39 is 64.8 Å². The molecule has 1 saturated heterocycles. The van der Waals surface area contributed by atoms with Crippen molar-refractivity contribution in [3.8, 4) is 0 Å². The number of likely N-dealkylation sites (tertiary alicyclic amines) is 1. The lowest BCUT2D eigenvalue weighted by Gasteiger charge is -2.40. The van der Waals surface area contributed by atoms with Crippen LogP contribution in [0.15, 0.2) is 24.3 Å². The van der Waals surface area contributed by atoms with Gasteiger partial charge in [-0.25, -0.2) is 4.39 Å². The van der Waals surface area contributed by atoms with Crippen LogP contribution >= 0.6 is 0 Å². The lowest BCUT2D eigenvalue weighted by atomic mass is 9.81. The first-order valence-electron chi connectivity index (χ1n) is 20.1. The van der Waals surface area contributed by atoms with E-state index in [2.05, 4.69) is 26.3 Å². The summed E-state index contributed by atoms with van der Waals surface area (Å²) in [6.07, 6.45) is 10.8. The predicted octanol–water partition coefficient (Wildman–Crippen LogP) is 4.81. The number of aromatic nitrogens is 1. The van der Waals surface area contributed by atoms with Crippen molar-refractivity contribution in [1.82, 2.24) is 31.2 Å². The molecule has 2 aromatic rings. The standard InChI is InChI=1S/C41H57FN6O6/c1-5-11-29(34(49)39(53)43-27-17-18-27)45-37(51)32-22-24-14-9-10-15-31(24)48(32)40(54)35(41(2,3)4)47-38(52)33(23-12-7-6-8-13-23)46-36(50)30-21-25-20-26(42)16-19-28(25)44-30/h16,19-21,23-24,27,29,31-33,35,44H,5-15,17-18,22H2,1-4H3,(H,43,53)(H,45,51)(H,46,50)(H,47,52)/t24-,29-,31-,32-,33-,35+/m0/s1. The van der Waals surface area contributed by atoms with Gasteiger partial charge in [-0.05, 0) is 92.9 Å². The van der Waals surface area contributed by atoms with E-state index in [0.717, 1.165) is 70.6 Å². The summed E-state index contributed by atoms with van der Waals surface area (Å²) in [4.78, 5) is 87.7. The number of carbonyl (C=O) groups is 6. The molecule has 4 aliphatic rings. The summed E-state index contributed by atoms with van der Waals surface area (Å²) in [7, 11) is 0. The van der Waals surface area contributed by atoms with E-state index in [4.69, 9.17) is 0 Å². The molecule has 294 valence electrons. The minimum atomic E-state index is -1.03. The Morgan fingerprint density at radius 1 is 0.889 bits per heavy atom. The third-order valence-electron chi connectivity index (χ3n) is 11.9. The molecule has 1 aromatic carbocycles. The Hall–Kier alpha value is -4.29. The highest BCUT2D eigenvalue weighted by atomic mass is 19.1. The molecule has 5 N–H and O–H groups in total. The molecule has 0 radical (unpaired) electrons. The third-order valence-corrected chi connectivity index (χ3v) is 11.9. The maximum atomic E-state index is 14.9. The number of halogens is 1. The second-order valence-electron chi connectivity index (χ2n) is 17.1. The van der Waals surface area contributed by atoms with E-state index in [-0.39, 0.29) is 35.5 Å². The summed E-state index contributed by atoms with van der Waals surface area (Å²) in [6.45, 7) is 7.48. The summed E-state index contributed by atoms with van der Waals surface area (Å²) in [5.74, 6) is -3.67. The molecule has 12 nitrogen and oxygen atoms in total. The number of nitrogens with zero attached hydrogens (tertiary/aromatic N) is 1. The van der Waals surface area contributed by atoms with Crippen LogP contribution in [0.4, 0.5) is 4.39 Å². The lowest BCUT2D eigenvalue weighted by Crippen LogP contribution is -2.63. The largest absolute Gasteiger partial charge is 0.351 e. The zero-order valence-corrected chi connectivity index (χ0v) is 32.1. The summed E-state index contributed by atoms with van der Waals surface area (Å²) < 4.78 is 13.9. The third kappa shape index (κ3) is 8.97. The molecule has 1 aromatic heterocycles. The van der Waals surface area contributed by atoms with Gasteiger partial charge in [0, 0.05) is 23.0 Å². The van der Waals surface area contributed by atoms with E-state index in [1.807, 2.05) is 27.7 Å². The van der Waals surface area contributed by atoms with Gasteiger partial charge in [0.1, 0.15) is 29.6 Å². The normalized spacial score (nSPS) is 23.5. The highest BCUT2D eigenvalue weighted by molar-refractivity contribution is 6.38. The molecule has 0 spiro atoms.